The van der Waals surface area contributed by atoms with E-state index in [9.17, 15) is 0 Å². The van der Waals surface area contributed by atoms with E-state index in [0.29, 0.717) is 6.54 Å². The third kappa shape index (κ3) is 5.16. The average molecular weight is 369 g/mol. The molecule has 6 nitrogen and oxygen atoms in total. The second-order valence-electron chi connectivity index (χ2n) is 5.80. The largest absolute Gasteiger partial charge is 0.368 e. The van der Waals surface area contributed by atoms with Crippen LogP contribution < -0.4 is 16.0 Å². The van der Waals surface area contributed by atoms with Crippen molar-refractivity contribution in [2.75, 3.05) is 25.0 Å². The Labute approximate surface area is 157 Å². The third-order valence-electron chi connectivity index (χ3n) is 3.71. The minimum Gasteiger partial charge on any atom is -0.368 e. The Kier molecular flexibility index (Phi) is 6.38. The van der Waals surface area contributed by atoms with E-state index in [4.69, 9.17) is 0 Å². The third-order valence-corrected chi connectivity index (χ3v) is 4.61. The molecule has 3 N–H and O–H groups in total. The summed E-state index contributed by atoms with van der Waals surface area (Å²) in [5, 5.41) is 12.1. The Bertz CT molecular complexity index is 873. The highest BCUT2D eigenvalue weighted by Gasteiger charge is 2.01. The number of aryl methyl sites for hydroxylation is 1. The highest BCUT2D eigenvalue weighted by atomic mass is 32.1. The van der Waals surface area contributed by atoms with Crippen molar-refractivity contribution in [1.82, 2.24) is 20.6 Å². The highest BCUT2D eigenvalue weighted by Crippen LogP contribution is 2.14. The van der Waals surface area contributed by atoms with E-state index < -0.39 is 0 Å². The number of guanidine groups is 1. The van der Waals surface area contributed by atoms with Gasteiger partial charge in [0.25, 0.3) is 0 Å². The molecule has 3 aromatic rings. The van der Waals surface area contributed by atoms with Crippen LogP contribution in [0, 0.1) is 6.92 Å². The number of hydrogen-bond acceptors (Lipinski definition) is 5. The summed E-state index contributed by atoms with van der Waals surface area (Å²) in [6, 6.07) is 12.2. The number of hydrogen-bond donors (Lipinski definition) is 3. The molecule has 26 heavy (non-hydrogen) atoms. The van der Waals surface area contributed by atoms with Crippen LogP contribution in [0.2, 0.25) is 0 Å². The lowest BCUT2D eigenvalue weighted by molar-refractivity contribution is 0.817. The monoisotopic (exact) mass is 368 g/mol. The van der Waals surface area contributed by atoms with Crippen LogP contribution in [-0.2, 0) is 6.54 Å². The minimum atomic E-state index is 0.591. The number of thiazole rings is 1. The predicted octanol–water partition coefficient (Wildman–Crippen LogP) is 3.17. The molecular weight excluding hydrogens is 344 g/mol. The van der Waals surface area contributed by atoms with Crippen molar-refractivity contribution in [3.63, 3.8) is 0 Å². The Morgan fingerprint density at radius 3 is 2.81 bits per heavy atom. The zero-order valence-electron chi connectivity index (χ0n) is 15.1. The second kappa shape index (κ2) is 9.15. The fourth-order valence-electron chi connectivity index (χ4n) is 2.50. The Morgan fingerprint density at radius 2 is 2.00 bits per heavy atom. The van der Waals surface area contributed by atoms with Crippen LogP contribution in [0.3, 0.4) is 0 Å². The second-order valence-corrected chi connectivity index (χ2v) is 7.12. The van der Waals surface area contributed by atoms with E-state index in [1.54, 1.807) is 11.3 Å². The number of anilines is 1. The molecule has 0 aliphatic heterocycles. The van der Waals surface area contributed by atoms with Crippen molar-refractivity contribution >= 4 is 34.0 Å². The number of nitrogens with one attached hydrogen (secondary N) is 3. The van der Waals surface area contributed by atoms with Crippen molar-refractivity contribution in [3.05, 3.63) is 52.5 Å². The molecule has 2 heterocycles. The van der Waals surface area contributed by atoms with Crippen molar-refractivity contribution in [3.8, 4) is 0 Å². The van der Waals surface area contributed by atoms with Crippen LogP contribution in [0.1, 0.15) is 16.8 Å². The van der Waals surface area contributed by atoms with E-state index in [-0.39, 0.29) is 0 Å². The first-order chi connectivity index (χ1) is 12.7. The number of pyridine rings is 1. The lowest BCUT2D eigenvalue weighted by Crippen LogP contribution is -2.39. The van der Waals surface area contributed by atoms with E-state index in [2.05, 4.69) is 56.9 Å². The molecule has 136 valence electrons. The van der Waals surface area contributed by atoms with Gasteiger partial charge < -0.3 is 16.0 Å². The maximum absolute atomic E-state index is 4.61. The molecule has 0 saturated carbocycles. The van der Waals surface area contributed by atoms with Gasteiger partial charge in [0.15, 0.2) is 5.96 Å². The van der Waals surface area contributed by atoms with Crippen molar-refractivity contribution in [1.29, 1.82) is 0 Å². The van der Waals surface area contributed by atoms with E-state index in [1.165, 1.54) is 4.88 Å². The molecule has 0 aliphatic rings. The van der Waals surface area contributed by atoms with Gasteiger partial charge in [-0.2, -0.15) is 0 Å². The fourth-order valence-corrected chi connectivity index (χ4v) is 3.21. The molecule has 0 fully saturated rings. The number of aromatic nitrogens is 2. The molecule has 1 aromatic carbocycles. The first-order valence-electron chi connectivity index (χ1n) is 8.78. The van der Waals surface area contributed by atoms with Gasteiger partial charge in [0.05, 0.1) is 12.1 Å². The zero-order valence-corrected chi connectivity index (χ0v) is 15.9. The zero-order chi connectivity index (χ0) is 18.2. The van der Waals surface area contributed by atoms with Gasteiger partial charge in [-0.1, -0.05) is 18.2 Å². The van der Waals surface area contributed by atoms with Crippen LogP contribution in [0.4, 0.5) is 5.82 Å². The number of benzene rings is 1. The summed E-state index contributed by atoms with van der Waals surface area (Å²) < 4.78 is 0. The molecular formula is C19H24N6S. The molecule has 0 atom stereocenters. The fraction of sp³-hybridized carbons (Fsp3) is 0.316. The maximum atomic E-state index is 4.61. The van der Waals surface area contributed by atoms with E-state index >= 15 is 0 Å². The van der Waals surface area contributed by atoms with E-state index in [0.717, 1.165) is 47.3 Å². The lowest BCUT2D eigenvalue weighted by Gasteiger charge is -2.12. The Hall–Kier alpha value is -2.67. The van der Waals surface area contributed by atoms with Crippen molar-refractivity contribution in [2.45, 2.75) is 20.4 Å². The average Bonchev–Trinajstić information content (AvgIpc) is 3.08. The summed E-state index contributed by atoms with van der Waals surface area (Å²) in [5.74, 6) is 1.68. The minimum absolute atomic E-state index is 0.591. The summed E-state index contributed by atoms with van der Waals surface area (Å²) in [6.07, 6.45) is 1.89. The van der Waals surface area contributed by atoms with Crippen LogP contribution >= 0.6 is 11.3 Å². The number of nitrogens with zero attached hydrogens (tertiary/aromatic N) is 3. The molecule has 0 amide bonds. The number of aliphatic imine (C=N–C) groups is 1. The number of fused-ring (bicyclic) bond motifs is 1. The topological polar surface area (TPSA) is 74.2 Å². The van der Waals surface area contributed by atoms with Gasteiger partial charge in [-0.25, -0.2) is 15.0 Å². The van der Waals surface area contributed by atoms with Crippen molar-refractivity contribution < 1.29 is 0 Å². The summed E-state index contributed by atoms with van der Waals surface area (Å²) >= 11 is 1.68. The highest BCUT2D eigenvalue weighted by molar-refractivity contribution is 7.11. The first kappa shape index (κ1) is 18.1. The van der Waals surface area contributed by atoms with Crippen molar-refractivity contribution in [2.24, 2.45) is 4.99 Å². The standard InChI is InChI=1S/C19H24N6S/c1-3-20-19(24-13-18-23-12-14(2)26-18)22-11-10-21-17-9-8-15-6-4-5-7-16(15)25-17/h4-9,12H,3,10-11,13H2,1-2H3,(H,21,25)(H2,20,22,24). The molecule has 0 bridgehead atoms. The number of rotatable bonds is 7. The van der Waals surface area contributed by atoms with Gasteiger partial charge in [-0.3, -0.25) is 0 Å². The van der Waals surface area contributed by atoms with Crippen LogP contribution in [0.15, 0.2) is 47.6 Å². The van der Waals surface area contributed by atoms with Crippen LogP contribution in [0.25, 0.3) is 10.9 Å². The Morgan fingerprint density at radius 1 is 1.12 bits per heavy atom. The van der Waals surface area contributed by atoms with E-state index in [1.807, 2.05) is 30.5 Å². The van der Waals surface area contributed by atoms with Gasteiger partial charge in [-0.15, -0.1) is 11.3 Å². The summed E-state index contributed by atoms with van der Waals surface area (Å²) in [7, 11) is 0. The SMILES string of the molecule is CCNC(=NCc1ncc(C)s1)NCCNc1ccc2ccccc2n1. The molecule has 0 aliphatic carbocycles. The molecule has 0 radical (unpaired) electrons. The first-order valence-corrected chi connectivity index (χ1v) is 9.59. The normalized spacial score (nSPS) is 11.5. The molecule has 0 unspecified atom stereocenters. The molecule has 0 spiro atoms. The molecule has 0 saturated heterocycles. The lowest BCUT2D eigenvalue weighted by atomic mass is 10.2. The van der Waals surface area contributed by atoms with Crippen LogP contribution in [0.5, 0.6) is 0 Å². The Balaban J connectivity index is 1.49. The summed E-state index contributed by atoms with van der Waals surface area (Å²) in [6.45, 7) is 7.03. The van der Waals surface area contributed by atoms with Gasteiger partial charge >= 0.3 is 0 Å². The summed E-state index contributed by atoms with van der Waals surface area (Å²) in [4.78, 5) is 14.7. The van der Waals surface area contributed by atoms with Gasteiger partial charge in [0.2, 0.25) is 0 Å². The van der Waals surface area contributed by atoms with Gasteiger partial charge in [-0.05, 0) is 32.0 Å². The predicted molar refractivity (Wildman–Crippen MR) is 110 cm³/mol. The molecule has 3 rings (SSSR count). The summed E-state index contributed by atoms with van der Waals surface area (Å²) in [5.41, 5.74) is 0.999. The van der Waals surface area contributed by atoms with Gasteiger partial charge in [0, 0.05) is 36.1 Å². The molecule has 7 heteroatoms. The maximum Gasteiger partial charge on any atom is 0.191 e. The van der Waals surface area contributed by atoms with Crippen LogP contribution in [-0.4, -0.2) is 35.6 Å². The molecule has 2 aromatic heterocycles. The number of para-hydroxylation sites is 1. The van der Waals surface area contributed by atoms with Gasteiger partial charge in [0.1, 0.15) is 10.8 Å². The smallest absolute Gasteiger partial charge is 0.191 e. The quantitative estimate of drug-likeness (QED) is 0.339.